The molecule has 5 nitrogen and oxygen atoms in total. The van der Waals surface area contributed by atoms with Gasteiger partial charge in [-0.3, -0.25) is 4.79 Å². The number of nitrogens with zero attached hydrogens (tertiary/aromatic N) is 4. The molecule has 26 heavy (non-hydrogen) atoms. The van der Waals surface area contributed by atoms with Gasteiger partial charge in [0.15, 0.2) is 5.65 Å². The van der Waals surface area contributed by atoms with Crippen LogP contribution in [0.2, 0.25) is 0 Å². The van der Waals surface area contributed by atoms with E-state index in [9.17, 15) is 18.0 Å². The number of carbonyl (C=O) groups excluding carboxylic acids is 1. The van der Waals surface area contributed by atoms with Gasteiger partial charge in [-0.1, -0.05) is 0 Å². The third kappa shape index (κ3) is 2.81. The lowest BCUT2D eigenvalue weighted by Crippen LogP contribution is -2.37. The van der Waals surface area contributed by atoms with Crippen molar-refractivity contribution < 1.29 is 18.0 Å². The minimum atomic E-state index is -4.41. The molecule has 0 atom stereocenters. The Balaban J connectivity index is 1.58. The maximum absolute atomic E-state index is 12.7. The summed E-state index contributed by atoms with van der Waals surface area (Å²) in [6, 6.07) is 6.20. The Labute approximate surface area is 147 Å². The summed E-state index contributed by atoms with van der Waals surface area (Å²) < 4.78 is 39.8. The largest absolute Gasteiger partial charge is 0.416 e. The van der Waals surface area contributed by atoms with Crippen molar-refractivity contribution >= 4 is 11.6 Å². The first-order valence-electron chi connectivity index (χ1n) is 8.12. The van der Waals surface area contributed by atoms with E-state index in [1.165, 1.54) is 12.1 Å². The van der Waals surface area contributed by atoms with Gasteiger partial charge < -0.3 is 4.90 Å². The van der Waals surface area contributed by atoms with Gasteiger partial charge in [0, 0.05) is 42.9 Å². The van der Waals surface area contributed by atoms with Crippen LogP contribution in [-0.4, -0.2) is 31.9 Å². The second-order valence-corrected chi connectivity index (χ2v) is 6.34. The van der Waals surface area contributed by atoms with Crippen molar-refractivity contribution in [2.24, 2.45) is 0 Å². The maximum atomic E-state index is 12.7. The molecule has 0 unspecified atom stereocenters. The van der Waals surface area contributed by atoms with Crippen molar-refractivity contribution in [2.45, 2.75) is 26.1 Å². The number of aromatic nitrogens is 3. The van der Waals surface area contributed by atoms with Gasteiger partial charge in [0.25, 0.3) is 5.91 Å². The first-order chi connectivity index (χ1) is 12.3. The first-order valence-corrected chi connectivity index (χ1v) is 8.12. The van der Waals surface area contributed by atoms with E-state index in [2.05, 4.69) is 10.1 Å². The standard InChI is InChI=1S/C18H15F3N4O/c1-11-8-16-22-9-13-10-24(7-6-15(13)25(16)23-11)17(26)12-2-4-14(5-3-12)18(19,20)21/h2-5,8-9H,6-7,10H2,1H3. The minimum absolute atomic E-state index is 0.241. The molecule has 0 fully saturated rings. The number of hydrogen-bond donors (Lipinski definition) is 0. The summed E-state index contributed by atoms with van der Waals surface area (Å²) in [7, 11) is 0. The lowest BCUT2D eigenvalue weighted by molar-refractivity contribution is -0.137. The second kappa shape index (κ2) is 5.82. The van der Waals surface area contributed by atoms with Crippen molar-refractivity contribution in [3.05, 3.63) is 64.6 Å². The third-order valence-corrected chi connectivity index (χ3v) is 4.52. The Kier molecular flexibility index (Phi) is 3.71. The van der Waals surface area contributed by atoms with E-state index >= 15 is 0 Å². The average molecular weight is 360 g/mol. The van der Waals surface area contributed by atoms with E-state index < -0.39 is 11.7 Å². The Morgan fingerprint density at radius 3 is 2.62 bits per heavy atom. The van der Waals surface area contributed by atoms with Crippen molar-refractivity contribution in [1.82, 2.24) is 19.5 Å². The lowest BCUT2D eigenvalue weighted by Gasteiger charge is -2.29. The van der Waals surface area contributed by atoms with Crippen molar-refractivity contribution in [1.29, 1.82) is 0 Å². The highest BCUT2D eigenvalue weighted by Gasteiger charge is 2.31. The highest BCUT2D eigenvalue weighted by molar-refractivity contribution is 5.94. The van der Waals surface area contributed by atoms with Crippen LogP contribution in [0, 0.1) is 6.92 Å². The first kappa shape index (κ1) is 16.6. The van der Waals surface area contributed by atoms with Crippen LogP contribution in [0.4, 0.5) is 13.2 Å². The second-order valence-electron chi connectivity index (χ2n) is 6.34. The molecule has 0 N–H and O–H groups in total. The van der Waals surface area contributed by atoms with Gasteiger partial charge in [-0.05, 0) is 31.2 Å². The molecular formula is C18H15F3N4O. The molecule has 1 aliphatic heterocycles. The van der Waals surface area contributed by atoms with Crippen LogP contribution in [0.25, 0.3) is 5.65 Å². The Morgan fingerprint density at radius 1 is 1.19 bits per heavy atom. The quantitative estimate of drug-likeness (QED) is 0.669. The topological polar surface area (TPSA) is 50.5 Å². The molecule has 3 heterocycles. The highest BCUT2D eigenvalue weighted by Crippen LogP contribution is 2.29. The van der Waals surface area contributed by atoms with E-state index in [0.717, 1.165) is 34.7 Å². The molecule has 0 radical (unpaired) electrons. The van der Waals surface area contributed by atoms with E-state index in [1.807, 2.05) is 13.0 Å². The Hall–Kier alpha value is -2.90. The van der Waals surface area contributed by atoms with Crippen LogP contribution in [0.15, 0.2) is 36.5 Å². The number of rotatable bonds is 1. The van der Waals surface area contributed by atoms with Gasteiger partial charge in [0.05, 0.1) is 17.0 Å². The van der Waals surface area contributed by atoms with Gasteiger partial charge >= 0.3 is 6.18 Å². The van der Waals surface area contributed by atoms with E-state index in [4.69, 9.17) is 0 Å². The highest BCUT2D eigenvalue weighted by atomic mass is 19.4. The van der Waals surface area contributed by atoms with E-state index in [-0.39, 0.29) is 11.5 Å². The number of carbonyl (C=O) groups is 1. The molecule has 2 aromatic heterocycles. The molecule has 4 rings (SSSR count). The summed E-state index contributed by atoms with van der Waals surface area (Å²) in [5.74, 6) is -0.291. The summed E-state index contributed by atoms with van der Waals surface area (Å²) in [6.45, 7) is 2.73. The molecule has 1 aromatic carbocycles. The zero-order valence-corrected chi connectivity index (χ0v) is 13.9. The Morgan fingerprint density at radius 2 is 1.92 bits per heavy atom. The monoisotopic (exact) mass is 360 g/mol. The van der Waals surface area contributed by atoms with Gasteiger partial charge in [-0.15, -0.1) is 0 Å². The summed E-state index contributed by atoms with van der Waals surface area (Å²) in [5, 5.41) is 4.43. The number of hydrogen-bond acceptors (Lipinski definition) is 3. The summed E-state index contributed by atoms with van der Waals surface area (Å²) in [4.78, 5) is 18.6. The average Bonchev–Trinajstić information content (AvgIpc) is 3.00. The van der Waals surface area contributed by atoms with Crippen LogP contribution in [0.3, 0.4) is 0 Å². The molecule has 0 aliphatic carbocycles. The number of fused-ring (bicyclic) bond motifs is 3. The fourth-order valence-corrected chi connectivity index (χ4v) is 3.21. The fourth-order valence-electron chi connectivity index (χ4n) is 3.21. The van der Waals surface area contributed by atoms with Gasteiger partial charge in [0.2, 0.25) is 0 Å². The van der Waals surface area contributed by atoms with Gasteiger partial charge in [-0.2, -0.15) is 18.3 Å². The van der Waals surface area contributed by atoms with E-state index in [0.29, 0.717) is 19.5 Å². The third-order valence-electron chi connectivity index (χ3n) is 4.52. The minimum Gasteiger partial charge on any atom is -0.334 e. The zero-order chi connectivity index (χ0) is 18.5. The number of halogens is 3. The number of aryl methyl sites for hydroxylation is 1. The molecule has 0 spiro atoms. The SMILES string of the molecule is Cc1cc2ncc3c(n2n1)CCN(C(=O)c1ccc(C(F)(F)F)cc1)C3. The van der Waals surface area contributed by atoms with Crippen molar-refractivity contribution in [3.63, 3.8) is 0 Å². The fraction of sp³-hybridized carbons (Fsp3) is 0.278. The van der Waals surface area contributed by atoms with Crippen LogP contribution in [0.1, 0.15) is 32.9 Å². The number of alkyl halides is 3. The number of amides is 1. The number of benzene rings is 1. The van der Waals surface area contributed by atoms with Crippen molar-refractivity contribution in [3.8, 4) is 0 Å². The molecule has 0 saturated heterocycles. The Bertz CT molecular complexity index is 992. The van der Waals surface area contributed by atoms with Gasteiger partial charge in [0.1, 0.15) is 0 Å². The van der Waals surface area contributed by atoms with E-state index in [1.54, 1.807) is 15.6 Å². The lowest BCUT2D eigenvalue weighted by atomic mass is 10.0. The normalized spacial score (nSPS) is 14.5. The molecule has 0 bridgehead atoms. The molecule has 1 aliphatic rings. The molecule has 0 saturated carbocycles. The summed E-state index contributed by atoms with van der Waals surface area (Å²) in [6.07, 6.45) is -2.07. The molecule has 8 heteroatoms. The predicted molar refractivity (Wildman–Crippen MR) is 87.6 cm³/mol. The maximum Gasteiger partial charge on any atom is 0.416 e. The van der Waals surface area contributed by atoms with Crippen LogP contribution < -0.4 is 0 Å². The molecule has 1 amide bonds. The molecular weight excluding hydrogens is 345 g/mol. The van der Waals surface area contributed by atoms with Crippen LogP contribution in [0.5, 0.6) is 0 Å². The summed E-state index contributed by atoms with van der Waals surface area (Å²) in [5.41, 5.74) is 3.02. The van der Waals surface area contributed by atoms with Gasteiger partial charge in [-0.25, -0.2) is 9.50 Å². The van der Waals surface area contributed by atoms with Crippen LogP contribution in [-0.2, 0) is 19.1 Å². The summed E-state index contributed by atoms with van der Waals surface area (Å²) >= 11 is 0. The molecule has 134 valence electrons. The van der Waals surface area contributed by atoms with Crippen LogP contribution >= 0.6 is 0 Å². The zero-order valence-electron chi connectivity index (χ0n) is 13.9. The van der Waals surface area contributed by atoms with Crippen molar-refractivity contribution in [2.75, 3.05) is 6.54 Å². The smallest absolute Gasteiger partial charge is 0.334 e. The molecule has 3 aromatic rings. The predicted octanol–water partition coefficient (Wildman–Crippen LogP) is 3.26.